The predicted molar refractivity (Wildman–Crippen MR) is 111 cm³/mol. The molecule has 3 nitrogen and oxygen atoms in total. The number of nitrogens with one attached hydrogen (secondary N) is 1. The lowest BCUT2D eigenvalue weighted by Gasteiger charge is -2.34. The van der Waals surface area contributed by atoms with E-state index < -0.39 is 0 Å². The number of nitrogens with zero attached hydrogens (tertiary/aromatic N) is 1. The molecule has 0 bridgehead atoms. The summed E-state index contributed by atoms with van der Waals surface area (Å²) in [4.78, 5) is 13.7. The summed E-state index contributed by atoms with van der Waals surface area (Å²) in [5, 5.41) is 3.07. The van der Waals surface area contributed by atoms with Gasteiger partial charge in [0.05, 0.1) is 0 Å². The van der Waals surface area contributed by atoms with Crippen molar-refractivity contribution < 1.29 is 4.79 Å². The molecule has 0 aromatic carbocycles. The summed E-state index contributed by atoms with van der Waals surface area (Å²) < 4.78 is 0. The summed E-state index contributed by atoms with van der Waals surface area (Å²) in [6.07, 6.45) is 19.5. The van der Waals surface area contributed by atoms with Gasteiger partial charge in [0.25, 0.3) is 0 Å². The van der Waals surface area contributed by atoms with Crippen LogP contribution in [0.2, 0.25) is 0 Å². The van der Waals surface area contributed by atoms with Crippen molar-refractivity contribution in [2.45, 2.75) is 110 Å². The van der Waals surface area contributed by atoms with E-state index in [1.54, 1.807) is 6.92 Å². The highest BCUT2D eigenvalue weighted by molar-refractivity contribution is 5.73. The maximum atomic E-state index is 11.1. The molecule has 1 aliphatic heterocycles. The van der Waals surface area contributed by atoms with Crippen molar-refractivity contribution in [1.29, 1.82) is 0 Å². The molecular formula is C23H44N2O. The van der Waals surface area contributed by atoms with Crippen LogP contribution in [0.4, 0.5) is 0 Å². The topological polar surface area (TPSA) is 32.3 Å². The van der Waals surface area contributed by atoms with Crippen molar-refractivity contribution in [3.8, 4) is 0 Å². The summed E-state index contributed by atoms with van der Waals surface area (Å²) in [5.74, 6) is 2.01. The first-order valence-electron chi connectivity index (χ1n) is 11.7. The standard InChI is InChI=1S/C17H32N2O.C6H12/c1-3-15-8-11-19(12-9-15)13-10-16-4-6-17(7-5-16)18-14(2)20;1-2-4-6-5-3-1/h15-17H,3-13H2,1-2H3,(H,18,20);1-6H2. The van der Waals surface area contributed by atoms with Gasteiger partial charge in [-0.3, -0.25) is 4.79 Å². The maximum Gasteiger partial charge on any atom is 0.217 e. The second-order valence-electron chi connectivity index (χ2n) is 9.02. The minimum atomic E-state index is 0.132. The maximum absolute atomic E-state index is 11.1. The second-order valence-corrected chi connectivity index (χ2v) is 9.02. The van der Waals surface area contributed by atoms with Crippen molar-refractivity contribution in [2.75, 3.05) is 19.6 Å². The Balaban J connectivity index is 0.000000342. The average molecular weight is 365 g/mol. The van der Waals surface area contributed by atoms with Crippen LogP contribution in [0.25, 0.3) is 0 Å². The zero-order valence-corrected chi connectivity index (χ0v) is 17.6. The molecule has 3 aliphatic rings. The Bertz CT molecular complexity index is 353. The van der Waals surface area contributed by atoms with E-state index >= 15 is 0 Å². The monoisotopic (exact) mass is 364 g/mol. The Kier molecular flexibility index (Phi) is 10.7. The molecule has 1 saturated heterocycles. The molecule has 0 aromatic rings. The fourth-order valence-corrected chi connectivity index (χ4v) is 4.93. The van der Waals surface area contributed by atoms with Crippen LogP contribution in [-0.2, 0) is 4.79 Å². The molecule has 0 unspecified atom stereocenters. The van der Waals surface area contributed by atoms with Gasteiger partial charge in [-0.2, -0.15) is 0 Å². The van der Waals surface area contributed by atoms with Crippen molar-refractivity contribution in [2.24, 2.45) is 11.8 Å². The third-order valence-corrected chi connectivity index (χ3v) is 6.89. The van der Waals surface area contributed by atoms with Crippen LogP contribution >= 0.6 is 0 Å². The molecule has 0 radical (unpaired) electrons. The third-order valence-electron chi connectivity index (χ3n) is 6.89. The van der Waals surface area contributed by atoms with Crippen LogP contribution < -0.4 is 5.32 Å². The van der Waals surface area contributed by atoms with Crippen LogP contribution in [0.5, 0.6) is 0 Å². The second kappa shape index (κ2) is 12.8. The third kappa shape index (κ3) is 8.88. The van der Waals surface area contributed by atoms with E-state index in [1.165, 1.54) is 110 Å². The zero-order chi connectivity index (χ0) is 18.6. The van der Waals surface area contributed by atoms with Crippen molar-refractivity contribution >= 4 is 5.91 Å². The molecule has 0 atom stereocenters. The van der Waals surface area contributed by atoms with Gasteiger partial charge in [0.15, 0.2) is 0 Å². The number of hydrogen-bond acceptors (Lipinski definition) is 2. The van der Waals surface area contributed by atoms with Gasteiger partial charge in [0.2, 0.25) is 5.91 Å². The highest BCUT2D eigenvalue weighted by atomic mass is 16.1. The van der Waals surface area contributed by atoms with Crippen molar-refractivity contribution in [3.05, 3.63) is 0 Å². The van der Waals surface area contributed by atoms with Crippen LogP contribution in [0, 0.1) is 11.8 Å². The predicted octanol–water partition coefficient (Wildman–Crippen LogP) is 5.53. The van der Waals surface area contributed by atoms with E-state index in [1.807, 2.05) is 0 Å². The number of rotatable bonds is 5. The van der Waals surface area contributed by atoms with Gasteiger partial charge in [-0.05, 0) is 76.4 Å². The van der Waals surface area contributed by atoms with E-state index in [4.69, 9.17) is 0 Å². The largest absolute Gasteiger partial charge is 0.354 e. The molecule has 0 spiro atoms. The Morgan fingerprint density at radius 3 is 1.85 bits per heavy atom. The molecule has 1 amide bonds. The molecule has 2 saturated carbocycles. The normalized spacial score (nSPS) is 28.1. The highest BCUT2D eigenvalue weighted by Gasteiger charge is 2.23. The summed E-state index contributed by atoms with van der Waals surface area (Å²) in [7, 11) is 0. The van der Waals surface area contributed by atoms with Crippen LogP contribution in [-0.4, -0.2) is 36.5 Å². The van der Waals surface area contributed by atoms with Gasteiger partial charge in [0, 0.05) is 13.0 Å². The van der Waals surface area contributed by atoms with Crippen LogP contribution in [0.1, 0.15) is 104 Å². The SMILES string of the molecule is C1CCCCC1.CCC1CCN(CCC2CCC(NC(C)=O)CC2)CC1. The Labute approximate surface area is 162 Å². The van der Waals surface area contributed by atoms with E-state index in [0.717, 1.165) is 11.8 Å². The summed E-state index contributed by atoms with van der Waals surface area (Å²) in [6.45, 7) is 7.89. The van der Waals surface area contributed by atoms with Gasteiger partial charge < -0.3 is 10.2 Å². The zero-order valence-electron chi connectivity index (χ0n) is 17.6. The number of carbonyl (C=O) groups excluding carboxylic acids is 1. The Morgan fingerprint density at radius 2 is 1.38 bits per heavy atom. The van der Waals surface area contributed by atoms with E-state index in [-0.39, 0.29) is 5.91 Å². The molecule has 152 valence electrons. The number of piperidine rings is 1. The molecule has 3 fully saturated rings. The van der Waals surface area contributed by atoms with Crippen LogP contribution in [0.3, 0.4) is 0 Å². The van der Waals surface area contributed by atoms with E-state index in [2.05, 4.69) is 17.1 Å². The quantitative estimate of drug-likeness (QED) is 0.695. The lowest BCUT2D eigenvalue weighted by Crippen LogP contribution is -2.38. The highest BCUT2D eigenvalue weighted by Crippen LogP contribution is 2.28. The summed E-state index contributed by atoms with van der Waals surface area (Å²) in [5.41, 5.74) is 0. The van der Waals surface area contributed by atoms with Gasteiger partial charge in [-0.1, -0.05) is 51.9 Å². The summed E-state index contributed by atoms with van der Waals surface area (Å²) >= 11 is 0. The number of carbonyl (C=O) groups is 1. The first kappa shape index (κ1) is 21.7. The summed E-state index contributed by atoms with van der Waals surface area (Å²) in [6, 6.07) is 0.448. The number of amides is 1. The molecule has 3 heteroatoms. The van der Waals surface area contributed by atoms with Crippen molar-refractivity contribution in [1.82, 2.24) is 10.2 Å². The first-order chi connectivity index (χ1) is 12.7. The van der Waals surface area contributed by atoms with Gasteiger partial charge in [-0.15, -0.1) is 0 Å². The molecular weight excluding hydrogens is 320 g/mol. The van der Waals surface area contributed by atoms with Gasteiger partial charge in [0.1, 0.15) is 0 Å². The van der Waals surface area contributed by atoms with Gasteiger partial charge >= 0.3 is 0 Å². The molecule has 2 aliphatic carbocycles. The molecule has 3 rings (SSSR count). The van der Waals surface area contributed by atoms with Gasteiger partial charge in [-0.25, -0.2) is 0 Å². The first-order valence-corrected chi connectivity index (χ1v) is 11.7. The molecule has 1 heterocycles. The van der Waals surface area contributed by atoms with Crippen LogP contribution in [0.15, 0.2) is 0 Å². The molecule has 1 N–H and O–H groups in total. The number of likely N-dealkylation sites (tertiary alicyclic amines) is 1. The smallest absolute Gasteiger partial charge is 0.217 e. The molecule has 0 aromatic heterocycles. The van der Waals surface area contributed by atoms with Crippen molar-refractivity contribution in [3.63, 3.8) is 0 Å². The average Bonchev–Trinajstić information content (AvgIpc) is 2.69. The van der Waals surface area contributed by atoms with E-state index in [0.29, 0.717) is 6.04 Å². The minimum absolute atomic E-state index is 0.132. The Hall–Kier alpha value is -0.570. The molecule has 26 heavy (non-hydrogen) atoms. The Morgan fingerprint density at radius 1 is 0.846 bits per heavy atom. The fraction of sp³-hybridized carbons (Fsp3) is 0.957. The number of hydrogen-bond donors (Lipinski definition) is 1. The fourth-order valence-electron chi connectivity index (χ4n) is 4.93. The lowest BCUT2D eigenvalue weighted by molar-refractivity contribution is -0.119. The van der Waals surface area contributed by atoms with E-state index in [9.17, 15) is 4.79 Å². The minimum Gasteiger partial charge on any atom is -0.354 e. The lowest BCUT2D eigenvalue weighted by atomic mass is 9.83.